The fraction of sp³-hybridized carbons (Fsp3) is 0.100. The van der Waals surface area contributed by atoms with Crippen molar-refractivity contribution in [2.45, 2.75) is 18.7 Å². The number of benzene rings is 3. The van der Waals surface area contributed by atoms with Gasteiger partial charge in [0.05, 0.1) is 9.82 Å². The molecule has 0 N–H and O–H groups in total. The van der Waals surface area contributed by atoms with Crippen molar-refractivity contribution in [3.63, 3.8) is 0 Å². The van der Waals surface area contributed by atoms with Crippen LogP contribution < -0.4 is 20.2 Å². The molecule has 0 aliphatic rings. The monoisotopic (exact) mass is 511 g/mol. The summed E-state index contributed by atoms with van der Waals surface area (Å²) in [4.78, 5) is 10.1. The highest BCUT2D eigenvalue weighted by Gasteiger charge is 2.37. The largest absolute Gasteiger partial charge is 0.336 e. The summed E-state index contributed by atoms with van der Waals surface area (Å²) in [5.74, 6) is 0. The average Bonchev–Trinajstić information content (AvgIpc) is 2.68. The van der Waals surface area contributed by atoms with E-state index in [4.69, 9.17) is 2.51 Å². The molecule has 3 aromatic rings. The molecule has 0 saturated heterocycles. The first-order valence-corrected chi connectivity index (χ1v) is 12.7. The highest BCUT2D eigenvalue weighted by Crippen LogP contribution is 2.16. The highest BCUT2D eigenvalue weighted by atomic mass is 127. The van der Waals surface area contributed by atoms with Crippen LogP contribution >= 0.6 is 0 Å². The van der Waals surface area contributed by atoms with Crippen molar-refractivity contribution in [3.8, 4) is 0 Å². The minimum atomic E-state index is -4.07. The Labute approximate surface area is 171 Å². The van der Waals surface area contributed by atoms with Crippen LogP contribution in [-0.4, -0.2) is 13.3 Å². The van der Waals surface area contributed by atoms with Gasteiger partial charge in [0.25, 0.3) is 5.69 Å². The van der Waals surface area contributed by atoms with Crippen LogP contribution in [0.25, 0.3) is 0 Å². The van der Waals surface area contributed by atoms with Gasteiger partial charge in [-0.25, -0.2) is 0 Å². The van der Waals surface area contributed by atoms with Crippen LogP contribution in [0.1, 0.15) is 11.1 Å². The molecule has 0 fully saturated rings. The second-order valence-electron chi connectivity index (χ2n) is 6.11. The number of hydrogen-bond donors (Lipinski definition) is 0. The van der Waals surface area contributed by atoms with E-state index >= 15 is 0 Å². The van der Waals surface area contributed by atoms with Crippen molar-refractivity contribution in [2.75, 3.05) is 0 Å². The Hall–Kier alpha value is -2.30. The van der Waals surface area contributed by atoms with Gasteiger partial charge in [-0.1, -0.05) is 35.4 Å². The van der Waals surface area contributed by atoms with Crippen molar-refractivity contribution < 1.29 is 36.1 Å². The Kier molecular flexibility index (Phi) is 6.11. The smallest absolute Gasteiger partial charge is 0.258 e. The lowest BCUT2D eigenvalue weighted by Crippen LogP contribution is -3.85. The number of aryl methyl sites for hydroxylation is 2. The number of nitro groups is 1. The maximum absolute atomic E-state index is 12.9. The number of hydrogen-bond acceptors (Lipinski definition) is 5. The molecular formula is C20H18INO5S+. The van der Waals surface area contributed by atoms with Crippen LogP contribution in [0.5, 0.6) is 0 Å². The third-order valence-electron chi connectivity index (χ3n) is 3.90. The standard InChI is InChI=1S/C20H18INO5S/c1-15-3-7-17(8-4-15)21(18-9-5-16(2)6-10-18)27-28(25,26)20-13-11-19(12-14-20)22(23)24/h3-14H,1-2H3/q+1. The fourth-order valence-electron chi connectivity index (χ4n) is 2.35. The summed E-state index contributed by atoms with van der Waals surface area (Å²) < 4.78 is 33.1. The minimum Gasteiger partial charge on any atom is -0.258 e. The van der Waals surface area contributed by atoms with E-state index in [-0.39, 0.29) is 10.6 Å². The molecule has 3 rings (SSSR count). The third kappa shape index (κ3) is 4.75. The molecule has 0 bridgehead atoms. The lowest BCUT2D eigenvalue weighted by atomic mass is 10.2. The maximum atomic E-state index is 12.9. The lowest BCUT2D eigenvalue weighted by Gasteiger charge is -2.07. The number of halogens is 1. The summed E-state index contributed by atoms with van der Waals surface area (Å²) >= 11 is -2.76. The summed E-state index contributed by atoms with van der Waals surface area (Å²) in [5.41, 5.74) is 1.97. The van der Waals surface area contributed by atoms with Crippen molar-refractivity contribution in [3.05, 3.63) is 101 Å². The SMILES string of the molecule is Cc1ccc([I+](OS(=O)(=O)c2ccc([N+](=O)[O-])cc2)c2ccc(C)cc2)cc1. The van der Waals surface area contributed by atoms with Gasteiger partial charge >= 0.3 is 30.4 Å². The van der Waals surface area contributed by atoms with E-state index in [9.17, 15) is 18.5 Å². The predicted molar refractivity (Wildman–Crippen MR) is 101 cm³/mol. The Morgan fingerprint density at radius 3 is 1.61 bits per heavy atom. The molecule has 28 heavy (non-hydrogen) atoms. The molecule has 0 amide bonds. The van der Waals surface area contributed by atoms with Crippen LogP contribution in [0.2, 0.25) is 0 Å². The second kappa shape index (κ2) is 8.38. The number of nitrogens with zero attached hydrogens (tertiary/aromatic N) is 1. The minimum absolute atomic E-state index is 0.0976. The predicted octanol–water partition coefficient (Wildman–Crippen LogP) is 1.20. The molecule has 0 unspecified atom stereocenters. The van der Waals surface area contributed by atoms with Crippen LogP contribution in [0, 0.1) is 31.1 Å². The summed E-state index contributed by atoms with van der Waals surface area (Å²) in [5, 5.41) is 10.8. The highest BCUT2D eigenvalue weighted by molar-refractivity contribution is 7.86. The van der Waals surface area contributed by atoms with E-state index in [1.54, 1.807) is 0 Å². The van der Waals surface area contributed by atoms with Gasteiger partial charge in [0.2, 0.25) is 0 Å². The normalized spacial score (nSPS) is 11.5. The van der Waals surface area contributed by atoms with Crippen molar-refractivity contribution in [2.24, 2.45) is 0 Å². The number of rotatable bonds is 6. The molecule has 0 spiro atoms. The Bertz CT molecular complexity index is 1030. The average molecular weight is 511 g/mol. The molecule has 1 radical (unpaired) electrons. The molecular weight excluding hydrogens is 493 g/mol. The zero-order valence-electron chi connectivity index (χ0n) is 15.2. The molecule has 0 atom stereocenters. The van der Waals surface area contributed by atoms with Gasteiger partial charge in [0.1, 0.15) is 0 Å². The van der Waals surface area contributed by atoms with E-state index in [0.717, 1.165) is 30.4 Å². The summed E-state index contributed by atoms with van der Waals surface area (Å²) in [6.07, 6.45) is 0. The molecule has 0 aromatic heterocycles. The molecule has 0 aliphatic heterocycles. The first-order chi connectivity index (χ1) is 13.3. The third-order valence-corrected chi connectivity index (χ3v) is 11.2. The van der Waals surface area contributed by atoms with E-state index in [0.29, 0.717) is 0 Å². The van der Waals surface area contributed by atoms with Crippen LogP contribution in [0.4, 0.5) is 5.69 Å². The molecule has 0 heterocycles. The van der Waals surface area contributed by atoms with E-state index < -0.39 is 35.3 Å². The second-order valence-corrected chi connectivity index (χ2v) is 12.6. The molecule has 145 valence electrons. The van der Waals surface area contributed by atoms with E-state index in [2.05, 4.69) is 0 Å². The fourth-order valence-corrected chi connectivity index (χ4v) is 9.23. The summed E-state index contributed by atoms with van der Waals surface area (Å²) in [6.45, 7) is 3.92. The van der Waals surface area contributed by atoms with Gasteiger partial charge in [-0.05, 0) is 52.8 Å². The van der Waals surface area contributed by atoms with E-state index in [1.165, 1.54) is 12.1 Å². The van der Waals surface area contributed by atoms with E-state index in [1.807, 2.05) is 62.4 Å². The van der Waals surface area contributed by atoms with Crippen molar-refractivity contribution in [1.82, 2.24) is 0 Å². The van der Waals surface area contributed by atoms with Gasteiger partial charge in [-0.15, -0.1) is 0 Å². The lowest BCUT2D eigenvalue weighted by molar-refractivity contribution is -1.03. The number of non-ortho nitro benzene ring substituents is 1. The van der Waals surface area contributed by atoms with Crippen molar-refractivity contribution >= 4 is 15.8 Å². The van der Waals surface area contributed by atoms with Crippen LogP contribution in [-0.2, 0) is 12.6 Å². The van der Waals surface area contributed by atoms with Gasteiger partial charge in [0.15, 0.2) is 7.14 Å². The maximum Gasteiger partial charge on any atom is 0.336 e. The molecule has 0 saturated carbocycles. The van der Waals surface area contributed by atoms with Crippen molar-refractivity contribution in [1.29, 1.82) is 0 Å². The zero-order valence-corrected chi connectivity index (χ0v) is 18.2. The van der Waals surface area contributed by atoms with Gasteiger partial charge < -0.3 is 0 Å². The van der Waals surface area contributed by atoms with Gasteiger partial charge in [0, 0.05) is 12.1 Å². The van der Waals surface area contributed by atoms with Gasteiger partial charge in [-0.2, -0.15) is 8.42 Å². The molecule has 8 heteroatoms. The van der Waals surface area contributed by atoms with Crippen LogP contribution in [0.15, 0.2) is 77.7 Å². The molecule has 6 nitrogen and oxygen atoms in total. The van der Waals surface area contributed by atoms with Gasteiger partial charge in [-0.3, -0.25) is 10.1 Å². The first kappa shape index (κ1) is 20.4. The zero-order chi connectivity index (χ0) is 20.3. The van der Waals surface area contributed by atoms with Crippen LogP contribution in [0.3, 0.4) is 0 Å². The summed E-state index contributed by atoms with van der Waals surface area (Å²) in [7, 11) is -4.07. The Morgan fingerprint density at radius 1 is 0.786 bits per heavy atom. The quantitative estimate of drug-likeness (QED) is 0.282. The molecule has 0 aliphatic carbocycles. The number of nitro benzene ring substituents is 1. The first-order valence-electron chi connectivity index (χ1n) is 8.29. The Morgan fingerprint density at radius 2 is 1.21 bits per heavy atom. The summed E-state index contributed by atoms with van der Waals surface area (Å²) in [6, 6.07) is 20.0. The Balaban J connectivity index is 1.99. The topological polar surface area (TPSA) is 86.5 Å². The molecule has 3 aromatic carbocycles.